The number of hydrogen-bond acceptors (Lipinski definition) is 4. The van der Waals surface area contributed by atoms with Crippen LogP contribution in [0.1, 0.15) is 25.3 Å². The van der Waals surface area contributed by atoms with E-state index in [0.29, 0.717) is 18.1 Å². The number of anilines is 1. The second kappa shape index (κ2) is 3.68. The molecule has 2 aromatic heterocycles. The number of ether oxygens (including phenoxy) is 1. The third-order valence-electron chi connectivity index (χ3n) is 4.04. The van der Waals surface area contributed by atoms with Crippen LogP contribution >= 0.6 is 0 Å². The molecule has 1 aliphatic heterocycles. The van der Waals surface area contributed by atoms with Gasteiger partial charge in [-0.15, -0.1) is 0 Å². The molecule has 4 rings (SSSR count). The molecular weight excluding hydrogens is 228 g/mol. The van der Waals surface area contributed by atoms with Gasteiger partial charge in [0.1, 0.15) is 5.52 Å². The minimum atomic E-state index is 0.317. The van der Waals surface area contributed by atoms with E-state index in [1.165, 1.54) is 12.8 Å². The van der Waals surface area contributed by atoms with Gasteiger partial charge in [-0.3, -0.25) is 4.98 Å². The van der Waals surface area contributed by atoms with Crippen molar-refractivity contribution in [2.75, 3.05) is 12.3 Å². The Morgan fingerprint density at radius 1 is 1.33 bits per heavy atom. The average molecular weight is 244 g/mol. The molecule has 5 heteroatoms. The zero-order valence-electron chi connectivity index (χ0n) is 10.1. The van der Waals surface area contributed by atoms with Crippen molar-refractivity contribution in [3.63, 3.8) is 0 Å². The van der Waals surface area contributed by atoms with Crippen LogP contribution in [-0.2, 0) is 4.74 Å². The lowest BCUT2D eigenvalue weighted by Crippen LogP contribution is -2.23. The predicted molar refractivity (Wildman–Crippen MR) is 68.1 cm³/mol. The van der Waals surface area contributed by atoms with E-state index in [1.807, 2.05) is 6.07 Å². The Labute approximate surface area is 105 Å². The molecule has 2 unspecified atom stereocenters. The number of imidazole rings is 1. The highest BCUT2D eigenvalue weighted by molar-refractivity contribution is 5.77. The van der Waals surface area contributed by atoms with Crippen molar-refractivity contribution >= 4 is 17.0 Å². The Bertz CT molecular complexity index is 590. The molecule has 0 aromatic carbocycles. The van der Waals surface area contributed by atoms with Gasteiger partial charge in [0.25, 0.3) is 0 Å². The lowest BCUT2D eigenvalue weighted by molar-refractivity contribution is 0.0762. The number of pyridine rings is 1. The molecule has 2 atom stereocenters. The first-order valence-electron chi connectivity index (χ1n) is 6.53. The molecule has 18 heavy (non-hydrogen) atoms. The Kier molecular flexibility index (Phi) is 2.11. The molecule has 3 heterocycles. The van der Waals surface area contributed by atoms with Gasteiger partial charge in [-0.05, 0) is 31.2 Å². The maximum Gasteiger partial charge on any atom is 0.201 e. The zero-order chi connectivity index (χ0) is 12.1. The van der Waals surface area contributed by atoms with E-state index in [4.69, 9.17) is 10.5 Å². The molecule has 2 aliphatic rings. The fourth-order valence-electron chi connectivity index (χ4n) is 3.07. The molecule has 2 fully saturated rings. The second-order valence-corrected chi connectivity index (χ2v) is 5.23. The maximum atomic E-state index is 6.08. The van der Waals surface area contributed by atoms with E-state index in [0.717, 1.165) is 30.0 Å². The van der Waals surface area contributed by atoms with Gasteiger partial charge in [0.2, 0.25) is 5.95 Å². The lowest BCUT2D eigenvalue weighted by Gasteiger charge is -2.21. The minimum Gasteiger partial charge on any atom is -0.376 e. The van der Waals surface area contributed by atoms with Crippen LogP contribution in [-0.4, -0.2) is 27.2 Å². The number of rotatable bonds is 2. The van der Waals surface area contributed by atoms with Crippen LogP contribution in [0.5, 0.6) is 0 Å². The van der Waals surface area contributed by atoms with Crippen LogP contribution in [0, 0.1) is 5.92 Å². The van der Waals surface area contributed by atoms with E-state index in [2.05, 4.69) is 14.5 Å². The third kappa shape index (κ3) is 1.43. The molecule has 1 saturated heterocycles. The molecule has 2 aromatic rings. The van der Waals surface area contributed by atoms with Gasteiger partial charge in [-0.1, -0.05) is 0 Å². The quantitative estimate of drug-likeness (QED) is 0.874. The SMILES string of the molecule is Nc1nc2cnccc2n1C1CCOC1C1CC1. The summed E-state index contributed by atoms with van der Waals surface area (Å²) in [7, 11) is 0. The summed E-state index contributed by atoms with van der Waals surface area (Å²) in [5.74, 6) is 1.30. The smallest absolute Gasteiger partial charge is 0.201 e. The Balaban J connectivity index is 1.83. The largest absolute Gasteiger partial charge is 0.376 e. The zero-order valence-corrected chi connectivity index (χ0v) is 10.1. The summed E-state index contributed by atoms with van der Waals surface area (Å²) in [6.45, 7) is 0.829. The number of fused-ring (bicyclic) bond motifs is 1. The van der Waals surface area contributed by atoms with Crippen molar-refractivity contribution in [3.05, 3.63) is 18.5 Å². The lowest BCUT2D eigenvalue weighted by atomic mass is 10.1. The van der Waals surface area contributed by atoms with Crippen LogP contribution in [0.25, 0.3) is 11.0 Å². The first kappa shape index (κ1) is 10.3. The molecule has 0 spiro atoms. The summed E-state index contributed by atoms with van der Waals surface area (Å²) < 4.78 is 8.04. The number of nitrogens with two attached hydrogens (primary N) is 1. The summed E-state index contributed by atoms with van der Waals surface area (Å²) in [5.41, 5.74) is 8.03. The van der Waals surface area contributed by atoms with E-state index < -0.39 is 0 Å². The van der Waals surface area contributed by atoms with Crippen molar-refractivity contribution in [1.82, 2.24) is 14.5 Å². The van der Waals surface area contributed by atoms with Crippen LogP contribution in [0.2, 0.25) is 0 Å². The van der Waals surface area contributed by atoms with Crippen LogP contribution in [0.3, 0.4) is 0 Å². The predicted octanol–water partition coefficient (Wildman–Crippen LogP) is 1.75. The highest BCUT2D eigenvalue weighted by Gasteiger charge is 2.42. The van der Waals surface area contributed by atoms with Gasteiger partial charge in [-0.25, -0.2) is 4.98 Å². The highest BCUT2D eigenvalue weighted by atomic mass is 16.5. The summed E-state index contributed by atoms with van der Waals surface area (Å²) in [5, 5.41) is 0. The van der Waals surface area contributed by atoms with E-state index in [-0.39, 0.29) is 0 Å². The molecule has 94 valence electrons. The molecule has 2 N–H and O–H groups in total. The van der Waals surface area contributed by atoms with E-state index in [9.17, 15) is 0 Å². The van der Waals surface area contributed by atoms with Gasteiger partial charge in [-0.2, -0.15) is 0 Å². The fraction of sp³-hybridized carbons (Fsp3) is 0.538. The maximum absolute atomic E-state index is 6.08. The topological polar surface area (TPSA) is 66.0 Å². The number of nitrogens with zero attached hydrogens (tertiary/aromatic N) is 3. The van der Waals surface area contributed by atoms with Gasteiger partial charge in [0.05, 0.1) is 23.9 Å². The van der Waals surface area contributed by atoms with Crippen LogP contribution in [0.4, 0.5) is 5.95 Å². The minimum absolute atomic E-state index is 0.317. The van der Waals surface area contributed by atoms with Crippen molar-refractivity contribution < 1.29 is 4.74 Å². The third-order valence-corrected chi connectivity index (χ3v) is 4.04. The van der Waals surface area contributed by atoms with Crippen LogP contribution < -0.4 is 5.73 Å². The van der Waals surface area contributed by atoms with Gasteiger partial charge in [0.15, 0.2) is 0 Å². The van der Waals surface area contributed by atoms with Gasteiger partial charge >= 0.3 is 0 Å². The van der Waals surface area contributed by atoms with Gasteiger partial charge < -0.3 is 15.0 Å². The number of hydrogen-bond donors (Lipinski definition) is 1. The Morgan fingerprint density at radius 2 is 2.22 bits per heavy atom. The summed E-state index contributed by atoms with van der Waals surface area (Å²) >= 11 is 0. The molecule has 0 radical (unpaired) electrons. The van der Waals surface area contributed by atoms with Crippen molar-refractivity contribution in [3.8, 4) is 0 Å². The monoisotopic (exact) mass is 244 g/mol. The highest BCUT2D eigenvalue weighted by Crippen LogP contribution is 2.44. The molecule has 0 bridgehead atoms. The Hall–Kier alpha value is -1.62. The first-order chi connectivity index (χ1) is 8.84. The van der Waals surface area contributed by atoms with Crippen molar-refractivity contribution in [1.29, 1.82) is 0 Å². The number of nitrogen functional groups attached to an aromatic ring is 1. The molecule has 5 nitrogen and oxygen atoms in total. The fourth-order valence-corrected chi connectivity index (χ4v) is 3.07. The normalized spacial score (nSPS) is 28.0. The Morgan fingerprint density at radius 3 is 3.06 bits per heavy atom. The second-order valence-electron chi connectivity index (χ2n) is 5.23. The van der Waals surface area contributed by atoms with Gasteiger partial charge in [0, 0.05) is 12.8 Å². The number of aromatic nitrogens is 3. The van der Waals surface area contributed by atoms with E-state index in [1.54, 1.807) is 12.4 Å². The summed E-state index contributed by atoms with van der Waals surface area (Å²) in [4.78, 5) is 8.49. The van der Waals surface area contributed by atoms with Crippen molar-refractivity contribution in [2.24, 2.45) is 5.92 Å². The van der Waals surface area contributed by atoms with E-state index >= 15 is 0 Å². The molecule has 1 aliphatic carbocycles. The average Bonchev–Trinajstić information content (AvgIpc) is 3.01. The van der Waals surface area contributed by atoms with Crippen LogP contribution in [0.15, 0.2) is 18.5 Å². The van der Waals surface area contributed by atoms with Crippen molar-refractivity contribution in [2.45, 2.75) is 31.4 Å². The molecular formula is C13H16N4O. The molecule has 1 saturated carbocycles. The standard InChI is InChI=1S/C13H16N4O/c14-13-16-9-7-15-5-3-10(9)17(13)11-4-6-18-12(11)8-1-2-8/h3,5,7-8,11-12H,1-2,4,6H2,(H2,14,16). The molecule has 0 amide bonds. The summed E-state index contributed by atoms with van der Waals surface area (Å²) in [6, 6.07) is 2.32. The summed E-state index contributed by atoms with van der Waals surface area (Å²) in [6.07, 6.45) is 7.48. The first-order valence-corrected chi connectivity index (χ1v) is 6.53.